The van der Waals surface area contributed by atoms with E-state index in [4.69, 9.17) is 5.73 Å². The number of amides is 1. The normalized spacial score (nSPS) is 10.6. The minimum atomic E-state index is -0.310. The molecule has 1 amide bonds. The second kappa shape index (κ2) is 6.10. The Labute approximate surface area is 117 Å². The number of pyridine rings is 1. The molecule has 0 aliphatic carbocycles. The monoisotopic (exact) mass is 271 g/mol. The van der Waals surface area contributed by atoms with Gasteiger partial charge in [-0.15, -0.1) is 0 Å². The van der Waals surface area contributed by atoms with Crippen molar-refractivity contribution in [2.75, 3.05) is 5.73 Å². The second-order valence-electron chi connectivity index (χ2n) is 4.73. The van der Waals surface area contributed by atoms with E-state index in [1.165, 1.54) is 6.20 Å². The van der Waals surface area contributed by atoms with Gasteiger partial charge in [0.1, 0.15) is 5.82 Å². The average Bonchev–Trinajstić information content (AvgIpc) is 2.46. The highest BCUT2D eigenvalue weighted by atomic mass is 16.1. The minimum Gasteiger partial charge on any atom is -0.396 e. The standard InChI is InChI=1S/C14H17N5O/c1-9(2)13-17-8-11(15)12(19-13)14(20)18-7-10-4-3-5-16-6-10/h3-6,8-9H,7,15H2,1-2H3,(H,18,20). The van der Waals surface area contributed by atoms with Crippen LogP contribution in [0.25, 0.3) is 0 Å². The van der Waals surface area contributed by atoms with Crippen molar-refractivity contribution in [1.29, 1.82) is 0 Å². The van der Waals surface area contributed by atoms with E-state index in [9.17, 15) is 4.79 Å². The van der Waals surface area contributed by atoms with E-state index in [1.54, 1.807) is 12.4 Å². The predicted octanol–water partition coefficient (Wildman–Crippen LogP) is 1.51. The molecule has 6 heteroatoms. The Morgan fingerprint density at radius 3 is 2.85 bits per heavy atom. The molecule has 0 aliphatic rings. The number of nitrogens with one attached hydrogen (secondary N) is 1. The van der Waals surface area contributed by atoms with Crippen molar-refractivity contribution in [3.05, 3.63) is 47.8 Å². The van der Waals surface area contributed by atoms with Crippen LogP contribution < -0.4 is 11.1 Å². The third kappa shape index (κ3) is 3.28. The van der Waals surface area contributed by atoms with E-state index >= 15 is 0 Å². The molecule has 0 spiro atoms. The summed E-state index contributed by atoms with van der Waals surface area (Å²) in [6, 6.07) is 3.70. The summed E-state index contributed by atoms with van der Waals surface area (Å²) >= 11 is 0. The molecular weight excluding hydrogens is 254 g/mol. The molecule has 2 aromatic heterocycles. The summed E-state index contributed by atoms with van der Waals surface area (Å²) in [4.78, 5) is 24.4. The van der Waals surface area contributed by atoms with Gasteiger partial charge in [-0.3, -0.25) is 9.78 Å². The van der Waals surface area contributed by atoms with E-state index < -0.39 is 0 Å². The van der Waals surface area contributed by atoms with Gasteiger partial charge in [0, 0.05) is 24.9 Å². The van der Waals surface area contributed by atoms with E-state index in [2.05, 4.69) is 20.3 Å². The molecule has 20 heavy (non-hydrogen) atoms. The molecule has 0 saturated heterocycles. The number of carbonyl (C=O) groups excluding carboxylic acids is 1. The lowest BCUT2D eigenvalue weighted by Gasteiger charge is -2.09. The molecule has 6 nitrogen and oxygen atoms in total. The van der Waals surface area contributed by atoms with Gasteiger partial charge in [-0.1, -0.05) is 19.9 Å². The lowest BCUT2D eigenvalue weighted by Crippen LogP contribution is -2.25. The van der Waals surface area contributed by atoms with E-state index in [0.717, 1.165) is 5.56 Å². The molecule has 0 aromatic carbocycles. The van der Waals surface area contributed by atoms with Crippen molar-refractivity contribution >= 4 is 11.6 Å². The number of nitrogens with two attached hydrogens (primary N) is 1. The Morgan fingerprint density at radius 2 is 2.20 bits per heavy atom. The fourth-order valence-corrected chi connectivity index (χ4v) is 1.63. The fourth-order valence-electron chi connectivity index (χ4n) is 1.63. The Bertz CT molecular complexity index is 598. The van der Waals surface area contributed by atoms with Gasteiger partial charge in [0.15, 0.2) is 5.69 Å². The Hall–Kier alpha value is -2.50. The van der Waals surface area contributed by atoms with Crippen molar-refractivity contribution in [3.63, 3.8) is 0 Å². The zero-order chi connectivity index (χ0) is 14.5. The molecule has 2 aromatic rings. The maximum absolute atomic E-state index is 12.1. The number of hydrogen-bond donors (Lipinski definition) is 2. The second-order valence-corrected chi connectivity index (χ2v) is 4.73. The lowest BCUT2D eigenvalue weighted by atomic mass is 10.2. The van der Waals surface area contributed by atoms with Crippen molar-refractivity contribution in [2.45, 2.75) is 26.3 Å². The van der Waals surface area contributed by atoms with Gasteiger partial charge in [-0.2, -0.15) is 0 Å². The van der Waals surface area contributed by atoms with Crippen molar-refractivity contribution in [2.24, 2.45) is 0 Å². The molecule has 104 valence electrons. The predicted molar refractivity (Wildman–Crippen MR) is 75.9 cm³/mol. The fraction of sp³-hybridized carbons (Fsp3) is 0.286. The van der Waals surface area contributed by atoms with Crippen LogP contribution in [0.3, 0.4) is 0 Å². The highest BCUT2D eigenvalue weighted by Crippen LogP contribution is 2.13. The van der Waals surface area contributed by atoms with Gasteiger partial charge in [0.05, 0.1) is 11.9 Å². The third-order valence-electron chi connectivity index (χ3n) is 2.74. The van der Waals surface area contributed by atoms with Crippen LogP contribution >= 0.6 is 0 Å². The van der Waals surface area contributed by atoms with Gasteiger partial charge < -0.3 is 11.1 Å². The topological polar surface area (TPSA) is 93.8 Å². The van der Waals surface area contributed by atoms with Crippen LogP contribution in [0.1, 0.15) is 41.6 Å². The van der Waals surface area contributed by atoms with Crippen molar-refractivity contribution in [3.8, 4) is 0 Å². The van der Waals surface area contributed by atoms with E-state index in [1.807, 2.05) is 26.0 Å². The Kier molecular flexibility index (Phi) is 4.24. The summed E-state index contributed by atoms with van der Waals surface area (Å²) in [5.41, 5.74) is 7.17. The number of anilines is 1. The van der Waals surface area contributed by atoms with Gasteiger partial charge in [0.25, 0.3) is 5.91 Å². The van der Waals surface area contributed by atoms with Crippen LogP contribution in [0.5, 0.6) is 0 Å². The summed E-state index contributed by atoms with van der Waals surface area (Å²) in [5, 5.41) is 2.77. The Balaban J connectivity index is 2.11. The van der Waals surface area contributed by atoms with Gasteiger partial charge in [0.2, 0.25) is 0 Å². The number of nitrogen functional groups attached to an aromatic ring is 1. The van der Waals surface area contributed by atoms with Crippen LogP contribution in [0.15, 0.2) is 30.7 Å². The molecule has 0 atom stereocenters. The zero-order valence-electron chi connectivity index (χ0n) is 11.5. The summed E-state index contributed by atoms with van der Waals surface area (Å²) < 4.78 is 0. The van der Waals surface area contributed by atoms with Gasteiger partial charge >= 0.3 is 0 Å². The zero-order valence-corrected chi connectivity index (χ0v) is 11.5. The van der Waals surface area contributed by atoms with Crippen molar-refractivity contribution < 1.29 is 4.79 Å². The molecule has 3 N–H and O–H groups in total. The van der Waals surface area contributed by atoms with Gasteiger partial charge in [-0.05, 0) is 11.6 Å². The third-order valence-corrected chi connectivity index (χ3v) is 2.74. The first-order chi connectivity index (χ1) is 9.58. The summed E-state index contributed by atoms with van der Waals surface area (Å²) in [5.74, 6) is 0.432. The molecular formula is C14H17N5O. The van der Waals surface area contributed by atoms with Gasteiger partial charge in [-0.25, -0.2) is 9.97 Å². The van der Waals surface area contributed by atoms with Crippen LogP contribution in [0, 0.1) is 0 Å². The van der Waals surface area contributed by atoms with E-state index in [0.29, 0.717) is 12.4 Å². The minimum absolute atomic E-state index is 0.139. The molecule has 0 fully saturated rings. The summed E-state index contributed by atoms with van der Waals surface area (Å²) in [7, 11) is 0. The average molecular weight is 271 g/mol. The molecule has 0 aliphatic heterocycles. The van der Waals surface area contributed by atoms with Crippen LogP contribution in [-0.4, -0.2) is 20.9 Å². The first kappa shape index (κ1) is 13.9. The molecule has 0 bridgehead atoms. The van der Waals surface area contributed by atoms with E-state index in [-0.39, 0.29) is 23.2 Å². The quantitative estimate of drug-likeness (QED) is 0.879. The molecule has 2 heterocycles. The van der Waals surface area contributed by atoms with Crippen LogP contribution in [0.2, 0.25) is 0 Å². The molecule has 2 rings (SSSR count). The largest absolute Gasteiger partial charge is 0.396 e. The number of rotatable bonds is 4. The molecule has 0 saturated carbocycles. The summed E-state index contributed by atoms with van der Waals surface area (Å²) in [6.07, 6.45) is 4.85. The summed E-state index contributed by atoms with van der Waals surface area (Å²) in [6.45, 7) is 4.30. The SMILES string of the molecule is CC(C)c1ncc(N)c(C(=O)NCc2cccnc2)n1. The number of aromatic nitrogens is 3. The smallest absolute Gasteiger partial charge is 0.272 e. The number of hydrogen-bond acceptors (Lipinski definition) is 5. The highest BCUT2D eigenvalue weighted by Gasteiger charge is 2.14. The molecule has 0 unspecified atom stereocenters. The maximum atomic E-state index is 12.1. The number of nitrogens with zero attached hydrogens (tertiary/aromatic N) is 3. The highest BCUT2D eigenvalue weighted by molar-refractivity contribution is 5.96. The first-order valence-corrected chi connectivity index (χ1v) is 6.37. The lowest BCUT2D eigenvalue weighted by molar-refractivity contribution is 0.0946. The maximum Gasteiger partial charge on any atom is 0.272 e. The number of carbonyl (C=O) groups is 1. The van der Waals surface area contributed by atoms with Crippen molar-refractivity contribution in [1.82, 2.24) is 20.3 Å². The van der Waals surface area contributed by atoms with Crippen LogP contribution in [0.4, 0.5) is 5.69 Å². The molecule has 0 radical (unpaired) electrons. The Morgan fingerprint density at radius 1 is 1.40 bits per heavy atom. The van der Waals surface area contributed by atoms with Crippen LogP contribution in [-0.2, 0) is 6.54 Å². The first-order valence-electron chi connectivity index (χ1n) is 6.37.